The molecule has 186 valence electrons. The smallest absolute Gasteiger partial charge is 0.0819 e. The van der Waals surface area contributed by atoms with Gasteiger partial charge in [0.1, 0.15) is 0 Å². The van der Waals surface area contributed by atoms with Crippen LogP contribution < -0.4 is 0 Å². The fraction of sp³-hybridized carbons (Fsp3) is 1.00. The summed E-state index contributed by atoms with van der Waals surface area (Å²) in [4.78, 5) is 4.35. The van der Waals surface area contributed by atoms with Crippen molar-refractivity contribution in [1.82, 2.24) is 0 Å². The molecular formula is C31H50O2. The van der Waals surface area contributed by atoms with Gasteiger partial charge in [-0.05, 0) is 158 Å². The Morgan fingerprint density at radius 2 is 1.24 bits per heavy atom. The summed E-state index contributed by atoms with van der Waals surface area (Å²) >= 11 is 0. The molecule has 1 N–H and O–H groups in total. The average molecular weight is 455 g/mol. The van der Waals surface area contributed by atoms with Crippen LogP contribution in [-0.4, -0.2) is 11.9 Å². The molecule has 13 atom stereocenters. The van der Waals surface area contributed by atoms with E-state index < -0.39 is 0 Å². The Labute approximate surface area is 202 Å². The Bertz CT molecular complexity index is 733. The first-order valence-electron chi connectivity index (χ1n) is 15.3. The molecule has 7 saturated carbocycles. The minimum absolute atomic E-state index is 0.532. The van der Waals surface area contributed by atoms with E-state index in [2.05, 4.69) is 32.6 Å². The summed E-state index contributed by atoms with van der Waals surface area (Å²) in [6, 6.07) is 0. The predicted molar refractivity (Wildman–Crippen MR) is 132 cm³/mol. The van der Waals surface area contributed by atoms with Gasteiger partial charge in [-0.3, -0.25) is 5.26 Å². The van der Waals surface area contributed by atoms with E-state index in [9.17, 15) is 0 Å². The molecule has 0 aromatic heterocycles. The lowest BCUT2D eigenvalue weighted by Gasteiger charge is -2.75. The quantitative estimate of drug-likeness (QED) is 0.209. The molecule has 0 aliphatic heterocycles. The van der Waals surface area contributed by atoms with Gasteiger partial charge in [0.15, 0.2) is 0 Å². The predicted octanol–water partition coefficient (Wildman–Crippen LogP) is 7.64. The normalized spacial score (nSPS) is 54.5. The van der Waals surface area contributed by atoms with E-state index in [0.29, 0.717) is 6.61 Å². The summed E-state index contributed by atoms with van der Waals surface area (Å²) in [5.74, 6) is 18.0. The van der Waals surface area contributed by atoms with E-state index in [1.54, 1.807) is 38.5 Å². The fourth-order valence-electron chi connectivity index (χ4n) is 12.4. The Balaban J connectivity index is 0.969. The van der Waals surface area contributed by atoms with Crippen molar-refractivity contribution in [2.75, 3.05) is 6.61 Å². The summed E-state index contributed by atoms with van der Waals surface area (Å²) in [6.07, 6.45) is 13.3. The van der Waals surface area contributed by atoms with Gasteiger partial charge in [-0.2, -0.15) is 0 Å². The van der Waals surface area contributed by atoms with Crippen molar-refractivity contribution in [3.63, 3.8) is 0 Å². The van der Waals surface area contributed by atoms with Crippen LogP contribution in [0, 0.1) is 101 Å². The van der Waals surface area contributed by atoms with Gasteiger partial charge in [0.25, 0.3) is 0 Å². The second-order valence-electron chi connectivity index (χ2n) is 15.0. The van der Waals surface area contributed by atoms with Crippen molar-refractivity contribution in [3.8, 4) is 0 Å². The largest absolute Gasteiger partial charge is 0.252 e. The molecule has 0 aromatic rings. The van der Waals surface area contributed by atoms with Gasteiger partial charge >= 0.3 is 0 Å². The van der Waals surface area contributed by atoms with Crippen LogP contribution in [0.15, 0.2) is 0 Å². The molecule has 0 radical (unpaired) electrons. The summed E-state index contributed by atoms with van der Waals surface area (Å²) in [7, 11) is 0. The van der Waals surface area contributed by atoms with Crippen LogP contribution in [0.3, 0.4) is 0 Å². The Morgan fingerprint density at radius 1 is 0.667 bits per heavy atom. The minimum atomic E-state index is 0.532. The van der Waals surface area contributed by atoms with Gasteiger partial charge in [0.05, 0.1) is 6.61 Å². The Kier molecular flexibility index (Phi) is 5.34. The zero-order chi connectivity index (χ0) is 22.6. The van der Waals surface area contributed by atoms with Crippen molar-refractivity contribution >= 4 is 0 Å². The van der Waals surface area contributed by atoms with Crippen molar-refractivity contribution in [2.24, 2.45) is 101 Å². The van der Waals surface area contributed by atoms with Crippen molar-refractivity contribution in [2.45, 2.75) is 85.5 Å². The SMILES string of the molecule is CC(C)C(C1CC(C(C(C)C)[C@@H]2CC3C4CCC4C32)C1)C1CC2C3CC(CCCOO)C3C21. The van der Waals surface area contributed by atoms with E-state index in [0.717, 1.165) is 83.4 Å². The molecule has 7 fully saturated rings. The first-order valence-corrected chi connectivity index (χ1v) is 15.3. The maximum atomic E-state index is 8.68. The van der Waals surface area contributed by atoms with Crippen molar-refractivity contribution in [3.05, 3.63) is 0 Å². The molecule has 7 rings (SSSR count). The number of fused-ring (bicyclic) bond motifs is 8. The Morgan fingerprint density at radius 3 is 1.79 bits per heavy atom. The molecule has 7 aliphatic carbocycles. The van der Waals surface area contributed by atoms with Crippen LogP contribution in [0.25, 0.3) is 0 Å². The number of hydrogen-bond donors (Lipinski definition) is 1. The molecule has 33 heavy (non-hydrogen) atoms. The van der Waals surface area contributed by atoms with Gasteiger partial charge in [-0.1, -0.05) is 27.7 Å². The van der Waals surface area contributed by atoms with Crippen molar-refractivity contribution < 1.29 is 10.1 Å². The molecule has 0 spiro atoms. The van der Waals surface area contributed by atoms with Gasteiger partial charge < -0.3 is 0 Å². The van der Waals surface area contributed by atoms with Crippen LogP contribution in [0.2, 0.25) is 0 Å². The standard InChI is InChI=1S/C31H50O2/c1-15(2)27(25-13-23-20-7-8-21(20)30(23)25)18-10-19(11-18)28(16(3)4)26-14-24-22-12-17(6-5-9-33-32)29(22)31(24)26/h15-32H,5-14H2,1-4H3/t17?,18?,19?,20?,21?,22?,23?,24?,25-,26?,27?,28?,29?,30?,31?/m0/s1. The third kappa shape index (κ3) is 2.98. The van der Waals surface area contributed by atoms with E-state index in [4.69, 9.17) is 5.26 Å². The highest BCUT2D eigenvalue weighted by molar-refractivity contribution is 5.17. The van der Waals surface area contributed by atoms with E-state index in [1.165, 1.54) is 36.5 Å². The lowest BCUT2D eigenvalue weighted by Crippen LogP contribution is -2.69. The molecule has 0 heterocycles. The van der Waals surface area contributed by atoms with Crippen molar-refractivity contribution in [1.29, 1.82) is 0 Å². The van der Waals surface area contributed by atoms with Crippen LogP contribution in [0.4, 0.5) is 0 Å². The monoisotopic (exact) mass is 454 g/mol. The van der Waals surface area contributed by atoms with Gasteiger partial charge in [0.2, 0.25) is 0 Å². The molecule has 2 heteroatoms. The summed E-state index contributed by atoms with van der Waals surface area (Å²) in [6.45, 7) is 10.8. The molecule has 0 aromatic carbocycles. The van der Waals surface area contributed by atoms with Gasteiger partial charge in [0, 0.05) is 0 Å². The average Bonchev–Trinajstić information content (AvgIpc) is 2.70. The summed E-state index contributed by atoms with van der Waals surface area (Å²) in [5, 5.41) is 8.68. The summed E-state index contributed by atoms with van der Waals surface area (Å²) in [5.41, 5.74) is 0. The molecule has 7 aliphatic rings. The highest BCUT2D eigenvalue weighted by Gasteiger charge is 2.69. The minimum Gasteiger partial charge on any atom is -0.252 e. The van der Waals surface area contributed by atoms with Crippen LogP contribution in [0.5, 0.6) is 0 Å². The second kappa shape index (κ2) is 7.96. The lowest BCUT2D eigenvalue weighted by molar-refractivity contribution is -0.270. The maximum Gasteiger partial charge on any atom is 0.0819 e. The van der Waals surface area contributed by atoms with E-state index in [-0.39, 0.29) is 0 Å². The maximum absolute atomic E-state index is 8.68. The highest BCUT2D eigenvalue weighted by atomic mass is 17.1. The third-order valence-electron chi connectivity index (χ3n) is 13.7. The van der Waals surface area contributed by atoms with Crippen LogP contribution in [-0.2, 0) is 4.89 Å². The van der Waals surface area contributed by atoms with Gasteiger partial charge in [-0.15, -0.1) is 0 Å². The lowest BCUT2D eigenvalue weighted by atomic mass is 9.30. The van der Waals surface area contributed by atoms with Crippen LogP contribution >= 0.6 is 0 Å². The molecule has 0 saturated heterocycles. The molecule has 2 nitrogen and oxygen atoms in total. The zero-order valence-electron chi connectivity index (χ0n) is 21.7. The molecule has 0 amide bonds. The molecule has 0 bridgehead atoms. The first-order chi connectivity index (χ1) is 16.0. The number of hydrogen-bond acceptors (Lipinski definition) is 2. The topological polar surface area (TPSA) is 29.5 Å². The first kappa shape index (κ1) is 22.1. The fourth-order valence-corrected chi connectivity index (χ4v) is 12.4. The van der Waals surface area contributed by atoms with E-state index >= 15 is 0 Å². The number of rotatable bonds is 10. The molecular weight excluding hydrogens is 404 g/mol. The third-order valence-corrected chi connectivity index (χ3v) is 13.7. The Hall–Kier alpha value is -0.0800. The second-order valence-corrected chi connectivity index (χ2v) is 15.0. The zero-order valence-corrected chi connectivity index (χ0v) is 21.7. The van der Waals surface area contributed by atoms with E-state index in [1.807, 2.05) is 0 Å². The van der Waals surface area contributed by atoms with Crippen LogP contribution in [0.1, 0.15) is 85.5 Å². The van der Waals surface area contributed by atoms with Gasteiger partial charge in [-0.25, -0.2) is 4.89 Å². The summed E-state index contributed by atoms with van der Waals surface area (Å²) < 4.78 is 0. The molecule has 12 unspecified atom stereocenters. The highest BCUT2D eigenvalue weighted by Crippen LogP contribution is 2.75.